The Bertz CT molecular complexity index is 1710. The molecule has 0 spiro atoms. The lowest BCUT2D eigenvalue weighted by Crippen LogP contribution is -3.00. The minimum atomic E-state index is -4.80. The zero-order chi connectivity index (χ0) is 29.8. The molecule has 42 heavy (non-hydrogen) atoms. The number of nitrogens with zero attached hydrogens (tertiary/aromatic N) is 2. The zero-order valence-electron chi connectivity index (χ0n) is 23.1. The van der Waals surface area contributed by atoms with Crippen LogP contribution in [0.15, 0.2) is 78.2 Å². The summed E-state index contributed by atoms with van der Waals surface area (Å²) in [6, 6.07) is 14.4. The molecule has 5 aromatic rings. The Labute approximate surface area is 259 Å². The Morgan fingerprint density at radius 1 is 0.810 bits per heavy atom. The first-order valence-corrected chi connectivity index (χ1v) is 14.6. The van der Waals surface area contributed by atoms with Crippen molar-refractivity contribution in [3.05, 3.63) is 78.9 Å². The van der Waals surface area contributed by atoms with E-state index in [1.807, 2.05) is 19.3 Å². The summed E-state index contributed by atoms with van der Waals surface area (Å²) >= 11 is 0. The molecule has 3 aromatic carbocycles. The number of amides is 1. The van der Waals surface area contributed by atoms with Crippen molar-refractivity contribution in [2.24, 2.45) is 7.05 Å². The smallest absolute Gasteiger partial charge is 0.471 e. The van der Waals surface area contributed by atoms with E-state index in [2.05, 4.69) is 58.2 Å². The lowest BCUT2D eigenvalue weighted by Gasteiger charge is -2.09. The molecule has 1 amide bonds. The first kappa shape index (κ1) is 33.4. The Balaban J connectivity index is 0.000000342. The quantitative estimate of drug-likeness (QED) is 0.0875. The maximum absolute atomic E-state index is 12.1. The molecule has 224 valence electrons. The molecule has 0 fully saturated rings. The van der Waals surface area contributed by atoms with Gasteiger partial charge >= 0.3 is 12.1 Å². The van der Waals surface area contributed by atoms with Crippen molar-refractivity contribution in [3.8, 4) is 0 Å². The van der Waals surface area contributed by atoms with Gasteiger partial charge in [-0.3, -0.25) is 4.79 Å². The van der Waals surface area contributed by atoms with E-state index in [0.29, 0.717) is 6.42 Å². The summed E-state index contributed by atoms with van der Waals surface area (Å²) in [4.78, 5) is 10.6. The van der Waals surface area contributed by atoms with Crippen molar-refractivity contribution in [3.63, 3.8) is 0 Å². The Morgan fingerprint density at radius 2 is 1.29 bits per heavy atom. The number of aryl methyl sites for hydroxylation is 3. The highest BCUT2D eigenvalue weighted by Crippen LogP contribution is 2.32. The van der Waals surface area contributed by atoms with Gasteiger partial charge in [-0.15, -0.1) is 0 Å². The van der Waals surface area contributed by atoms with Gasteiger partial charge in [-0.05, 0) is 56.2 Å². The Hall–Kier alpha value is -3.10. The second kappa shape index (κ2) is 13.9. The van der Waals surface area contributed by atoms with Crippen LogP contribution in [-0.4, -0.2) is 31.6 Å². The van der Waals surface area contributed by atoms with Gasteiger partial charge in [0.2, 0.25) is 0 Å². The van der Waals surface area contributed by atoms with Crippen molar-refractivity contribution < 1.29 is 64.0 Å². The van der Waals surface area contributed by atoms with Crippen LogP contribution in [0, 0.1) is 6.92 Å². The SMILES string of the molecule is C[n+]1cc2ccc3c[n+](CCCCCCNC(=O)C(F)(F)F)cc4ccc(c1)c2c34.Cc1ccc(S(=O)(=O)[O-])cc1.[I-]. The Morgan fingerprint density at radius 3 is 1.76 bits per heavy atom. The number of carbonyl (C=O) groups excluding carboxylic acids is 1. The van der Waals surface area contributed by atoms with Gasteiger partial charge < -0.3 is 33.8 Å². The number of pyridine rings is 2. The van der Waals surface area contributed by atoms with E-state index in [0.717, 1.165) is 31.4 Å². The molecular weight excluding hydrogens is 682 g/mol. The van der Waals surface area contributed by atoms with Crippen molar-refractivity contribution in [2.75, 3.05) is 6.54 Å². The highest BCUT2D eigenvalue weighted by atomic mass is 127. The summed E-state index contributed by atoms with van der Waals surface area (Å²) in [7, 11) is -2.24. The first-order chi connectivity index (χ1) is 19.3. The second-order valence-electron chi connectivity index (χ2n) is 10.1. The average molecular weight is 714 g/mol. The van der Waals surface area contributed by atoms with E-state index in [-0.39, 0.29) is 35.4 Å². The number of halogens is 4. The number of aromatic nitrogens is 2. The van der Waals surface area contributed by atoms with E-state index >= 15 is 0 Å². The molecule has 2 heterocycles. The molecule has 0 bridgehead atoms. The number of benzene rings is 3. The van der Waals surface area contributed by atoms with Crippen molar-refractivity contribution in [1.82, 2.24) is 5.32 Å². The van der Waals surface area contributed by atoms with Crippen LogP contribution in [0.5, 0.6) is 0 Å². The number of alkyl halides is 3. The van der Waals surface area contributed by atoms with Gasteiger partial charge in [0.25, 0.3) is 0 Å². The molecule has 0 aliphatic rings. The molecule has 7 nitrogen and oxygen atoms in total. The van der Waals surface area contributed by atoms with E-state index in [9.17, 15) is 30.9 Å². The van der Waals surface area contributed by atoms with Crippen LogP contribution in [0.3, 0.4) is 0 Å². The number of carbonyl (C=O) groups is 1. The lowest BCUT2D eigenvalue weighted by molar-refractivity contribution is -0.695. The van der Waals surface area contributed by atoms with E-state index in [1.54, 1.807) is 12.1 Å². The summed E-state index contributed by atoms with van der Waals surface area (Å²) in [6.45, 7) is 2.73. The summed E-state index contributed by atoms with van der Waals surface area (Å²) in [5.74, 6) is -1.86. The molecule has 12 heteroatoms. The highest BCUT2D eigenvalue weighted by Gasteiger charge is 2.38. The minimum Gasteiger partial charge on any atom is -1.00 e. The molecule has 2 aromatic heterocycles. The van der Waals surface area contributed by atoms with Gasteiger partial charge in [-0.2, -0.15) is 13.2 Å². The maximum Gasteiger partial charge on any atom is 0.471 e. The van der Waals surface area contributed by atoms with Gasteiger partial charge in [-0.25, -0.2) is 17.6 Å². The summed E-state index contributed by atoms with van der Waals surface area (Å²) in [6.07, 6.45) is 6.96. The number of unbranched alkanes of at least 4 members (excludes halogenated alkanes) is 3. The van der Waals surface area contributed by atoms with Crippen molar-refractivity contribution >= 4 is 48.3 Å². The number of hydrogen-bond acceptors (Lipinski definition) is 4. The minimum absolute atomic E-state index is 0. The second-order valence-corrected chi connectivity index (χ2v) is 11.5. The van der Waals surface area contributed by atoms with Crippen LogP contribution < -0.4 is 38.4 Å². The fourth-order valence-corrected chi connectivity index (χ4v) is 5.28. The predicted octanol–water partition coefficient (Wildman–Crippen LogP) is 1.84. The monoisotopic (exact) mass is 713 g/mol. The highest BCUT2D eigenvalue weighted by molar-refractivity contribution is 7.85. The van der Waals surface area contributed by atoms with Gasteiger partial charge in [-0.1, -0.05) is 24.1 Å². The van der Waals surface area contributed by atoms with Gasteiger partial charge in [0.1, 0.15) is 23.7 Å². The van der Waals surface area contributed by atoms with Crippen LogP contribution in [0.1, 0.15) is 31.2 Å². The first-order valence-electron chi connectivity index (χ1n) is 13.2. The molecule has 0 saturated carbocycles. The molecule has 0 atom stereocenters. The van der Waals surface area contributed by atoms with Gasteiger partial charge in [0.05, 0.1) is 4.90 Å². The van der Waals surface area contributed by atoms with Crippen LogP contribution in [-0.2, 0) is 28.5 Å². The van der Waals surface area contributed by atoms with E-state index in [1.165, 1.54) is 44.5 Å². The third kappa shape index (κ3) is 8.48. The molecule has 0 unspecified atom stereocenters. The largest absolute Gasteiger partial charge is 1.00 e. The van der Waals surface area contributed by atoms with Crippen LogP contribution in [0.25, 0.3) is 32.3 Å². The normalized spacial score (nSPS) is 11.8. The third-order valence-electron chi connectivity index (χ3n) is 6.78. The Kier molecular flexibility index (Phi) is 11.1. The number of rotatable bonds is 8. The van der Waals surface area contributed by atoms with Crippen LogP contribution in [0.2, 0.25) is 0 Å². The molecule has 0 aliphatic carbocycles. The molecule has 5 rings (SSSR count). The molecule has 0 aliphatic heterocycles. The van der Waals surface area contributed by atoms with Gasteiger partial charge in [0.15, 0.2) is 24.8 Å². The topological polar surface area (TPSA) is 94.1 Å². The van der Waals surface area contributed by atoms with Crippen LogP contribution >= 0.6 is 0 Å². The zero-order valence-corrected chi connectivity index (χ0v) is 26.1. The lowest BCUT2D eigenvalue weighted by atomic mass is 9.97. The van der Waals surface area contributed by atoms with Crippen LogP contribution in [0.4, 0.5) is 13.2 Å². The van der Waals surface area contributed by atoms with E-state index < -0.39 is 22.2 Å². The number of nitrogens with one attached hydrogen (secondary N) is 1. The van der Waals surface area contributed by atoms with E-state index in [4.69, 9.17) is 0 Å². The third-order valence-corrected chi connectivity index (χ3v) is 7.63. The molecule has 0 saturated heterocycles. The maximum atomic E-state index is 12.1. The summed E-state index contributed by atoms with van der Waals surface area (Å²) in [5, 5.41) is 9.34. The number of hydrogen-bond donors (Lipinski definition) is 1. The fourth-order valence-electron chi connectivity index (χ4n) is 4.81. The summed E-state index contributed by atoms with van der Waals surface area (Å²) < 4.78 is 71.8. The average Bonchev–Trinajstić information content (AvgIpc) is 2.90. The predicted molar refractivity (Wildman–Crippen MR) is 148 cm³/mol. The van der Waals surface area contributed by atoms with Crippen molar-refractivity contribution in [1.29, 1.82) is 0 Å². The van der Waals surface area contributed by atoms with Gasteiger partial charge in [0, 0.05) is 45.3 Å². The molecule has 1 N–H and O–H groups in total. The fraction of sp³-hybridized carbons (Fsp3) is 0.300. The molecular formula is C30H31F3IN3O4S. The summed E-state index contributed by atoms with van der Waals surface area (Å²) in [5.41, 5.74) is 0.928. The van der Waals surface area contributed by atoms with Crippen molar-refractivity contribution in [2.45, 2.75) is 50.2 Å². The molecule has 0 radical (unpaired) electrons. The standard InChI is InChI=1S/C23H23F3N3O.C7H8O3S.HI/c1-28-12-16-6-8-18-14-29(15-19-9-7-17(13-28)20(16)21(18)19)11-5-3-2-4-10-27-22(30)23(24,25)26;1-6-2-4-7(5-3-6)11(8,9)10;/h6-9,12-15H,2-5,10-11H2,1H3;2-5H,1H3,(H,8,9,10);1H/q+1;;/p-1.